The van der Waals surface area contributed by atoms with Gasteiger partial charge in [-0.2, -0.15) is 0 Å². The lowest BCUT2D eigenvalue weighted by molar-refractivity contribution is 0.0933. The fraction of sp³-hybridized carbons (Fsp3) is 0.200. The van der Waals surface area contributed by atoms with Gasteiger partial charge in [0.25, 0.3) is 5.91 Å². The molecule has 0 spiro atoms. The van der Waals surface area contributed by atoms with E-state index in [1.165, 1.54) is 0 Å². The van der Waals surface area contributed by atoms with Crippen molar-refractivity contribution in [3.63, 3.8) is 0 Å². The van der Waals surface area contributed by atoms with Crippen molar-refractivity contribution in [2.24, 2.45) is 0 Å². The van der Waals surface area contributed by atoms with Crippen LogP contribution in [0.3, 0.4) is 0 Å². The summed E-state index contributed by atoms with van der Waals surface area (Å²) in [6.45, 7) is 0.952. The number of ether oxygens (including phenoxy) is 1. The highest BCUT2D eigenvalue weighted by Gasteiger charge is 2.13. The van der Waals surface area contributed by atoms with Gasteiger partial charge in [0.1, 0.15) is 12.0 Å². The van der Waals surface area contributed by atoms with Crippen molar-refractivity contribution in [3.05, 3.63) is 46.8 Å². The van der Waals surface area contributed by atoms with Gasteiger partial charge in [0.2, 0.25) is 0 Å². The second-order valence-electron chi connectivity index (χ2n) is 4.76. The van der Waals surface area contributed by atoms with E-state index in [0.29, 0.717) is 24.5 Å². The van der Waals surface area contributed by atoms with Gasteiger partial charge in [0, 0.05) is 23.8 Å². The van der Waals surface area contributed by atoms with Crippen LogP contribution >= 0.6 is 15.9 Å². The Balaban J connectivity index is 1.88. The molecular formula is C15H15BrN4O2. The smallest absolute Gasteiger partial charge is 0.267 e. The Morgan fingerprint density at radius 2 is 2.18 bits per heavy atom. The minimum atomic E-state index is -0.169. The Morgan fingerprint density at radius 1 is 1.41 bits per heavy atom. The predicted molar refractivity (Wildman–Crippen MR) is 87.3 cm³/mol. The van der Waals surface area contributed by atoms with Crippen LogP contribution in [-0.4, -0.2) is 40.7 Å². The van der Waals surface area contributed by atoms with Gasteiger partial charge in [-0.3, -0.25) is 9.36 Å². The van der Waals surface area contributed by atoms with E-state index in [2.05, 4.69) is 31.2 Å². The number of nitrogens with one attached hydrogen (secondary N) is 2. The van der Waals surface area contributed by atoms with Gasteiger partial charge in [-0.15, -0.1) is 0 Å². The third-order valence-corrected chi connectivity index (χ3v) is 3.81. The first-order valence-electron chi connectivity index (χ1n) is 6.78. The molecule has 0 aliphatic rings. The zero-order valence-corrected chi connectivity index (χ0v) is 13.6. The predicted octanol–water partition coefficient (Wildman–Crippen LogP) is 2.49. The van der Waals surface area contributed by atoms with Gasteiger partial charge in [-0.05, 0) is 30.3 Å². The van der Waals surface area contributed by atoms with Gasteiger partial charge in [0.05, 0.1) is 12.1 Å². The molecule has 1 aromatic carbocycles. The zero-order valence-electron chi connectivity index (χ0n) is 12.0. The number of aromatic amines is 1. The minimum absolute atomic E-state index is 0.169. The van der Waals surface area contributed by atoms with Crippen molar-refractivity contribution in [1.82, 2.24) is 19.9 Å². The second-order valence-corrected chi connectivity index (χ2v) is 5.67. The van der Waals surface area contributed by atoms with E-state index in [0.717, 1.165) is 15.7 Å². The molecule has 2 aromatic heterocycles. The highest BCUT2D eigenvalue weighted by molar-refractivity contribution is 9.10. The fourth-order valence-electron chi connectivity index (χ4n) is 2.18. The van der Waals surface area contributed by atoms with Crippen LogP contribution in [0.5, 0.6) is 0 Å². The first-order valence-corrected chi connectivity index (χ1v) is 7.57. The number of benzene rings is 1. The summed E-state index contributed by atoms with van der Waals surface area (Å²) in [5, 5.41) is 2.78. The van der Waals surface area contributed by atoms with E-state index in [1.54, 1.807) is 19.5 Å². The number of amides is 1. The summed E-state index contributed by atoms with van der Waals surface area (Å²) in [5.41, 5.74) is 3.01. The number of nitrogens with zero attached hydrogens (tertiary/aromatic N) is 2. The Labute approximate surface area is 135 Å². The highest BCUT2D eigenvalue weighted by atomic mass is 79.9. The first-order chi connectivity index (χ1) is 10.7. The van der Waals surface area contributed by atoms with Gasteiger partial charge in [-0.25, -0.2) is 4.98 Å². The molecule has 3 rings (SSSR count). The molecular weight excluding hydrogens is 348 g/mol. The molecule has 0 aliphatic carbocycles. The number of carbonyl (C=O) groups is 1. The van der Waals surface area contributed by atoms with Crippen molar-refractivity contribution in [1.29, 1.82) is 0 Å². The maximum absolute atomic E-state index is 12.0. The number of rotatable bonds is 5. The fourth-order valence-corrected chi connectivity index (χ4v) is 2.45. The molecule has 0 atom stereocenters. The molecule has 0 unspecified atom stereocenters. The summed E-state index contributed by atoms with van der Waals surface area (Å²) in [6, 6.07) is 9.69. The van der Waals surface area contributed by atoms with Crippen molar-refractivity contribution in [2.45, 2.75) is 0 Å². The number of H-pyrrole nitrogens is 1. The van der Waals surface area contributed by atoms with Gasteiger partial charge in [0.15, 0.2) is 5.65 Å². The number of halogens is 1. The number of aromatic nitrogens is 3. The first kappa shape index (κ1) is 14.8. The number of methoxy groups -OCH3 is 1. The highest BCUT2D eigenvalue weighted by Crippen LogP contribution is 2.20. The number of hydrogen-bond acceptors (Lipinski definition) is 3. The molecule has 0 radical (unpaired) electrons. The van der Waals surface area contributed by atoms with Crippen LogP contribution in [0.4, 0.5) is 0 Å². The monoisotopic (exact) mass is 362 g/mol. The molecule has 0 bridgehead atoms. The van der Waals surface area contributed by atoms with Crippen LogP contribution in [0, 0.1) is 0 Å². The van der Waals surface area contributed by atoms with E-state index in [1.807, 2.05) is 28.8 Å². The van der Waals surface area contributed by atoms with Crippen molar-refractivity contribution < 1.29 is 9.53 Å². The largest absolute Gasteiger partial charge is 0.383 e. The molecule has 2 N–H and O–H groups in total. The van der Waals surface area contributed by atoms with Crippen LogP contribution in [-0.2, 0) is 4.74 Å². The van der Waals surface area contributed by atoms with Crippen molar-refractivity contribution in [2.75, 3.05) is 20.3 Å². The molecule has 0 saturated carbocycles. The number of carbonyl (C=O) groups excluding carboxylic acids is 1. The summed E-state index contributed by atoms with van der Waals surface area (Å²) in [5.74, 6) is -0.169. The molecule has 114 valence electrons. The van der Waals surface area contributed by atoms with E-state index >= 15 is 0 Å². The van der Waals surface area contributed by atoms with Crippen LogP contribution in [0.1, 0.15) is 10.5 Å². The molecule has 7 heteroatoms. The average Bonchev–Trinajstić information content (AvgIpc) is 3.09. The van der Waals surface area contributed by atoms with Gasteiger partial charge >= 0.3 is 0 Å². The second kappa shape index (κ2) is 6.33. The summed E-state index contributed by atoms with van der Waals surface area (Å²) >= 11 is 3.42. The SMILES string of the molecule is COCCNC(=O)c1cc2c(ncn2-c2ccc(Br)cc2)[nH]1. The maximum Gasteiger partial charge on any atom is 0.267 e. The molecule has 3 aromatic rings. The lowest BCUT2D eigenvalue weighted by Crippen LogP contribution is -2.27. The molecule has 22 heavy (non-hydrogen) atoms. The topological polar surface area (TPSA) is 71.9 Å². The lowest BCUT2D eigenvalue weighted by atomic mass is 10.3. The molecule has 6 nitrogen and oxygen atoms in total. The number of imidazole rings is 1. The standard InChI is InChI=1S/C15H15BrN4O2/c1-22-7-6-17-15(21)12-8-13-14(19-12)18-9-20(13)11-4-2-10(16)3-5-11/h2-5,8-9,19H,6-7H2,1H3,(H,17,21). The van der Waals surface area contributed by atoms with Gasteiger partial charge < -0.3 is 15.0 Å². The molecule has 2 heterocycles. The summed E-state index contributed by atoms with van der Waals surface area (Å²) in [4.78, 5) is 19.4. The average molecular weight is 363 g/mol. The summed E-state index contributed by atoms with van der Waals surface area (Å²) in [6.07, 6.45) is 1.73. The Morgan fingerprint density at radius 3 is 2.91 bits per heavy atom. The lowest BCUT2D eigenvalue weighted by Gasteiger charge is -2.03. The molecule has 1 amide bonds. The maximum atomic E-state index is 12.0. The van der Waals surface area contributed by atoms with E-state index < -0.39 is 0 Å². The van der Waals surface area contributed by atoms with E-state index in [9.17, 15) is 4.79 Å². The zero-order chi connectivity index (χ0) is 15.5. The minimum Gasteiger partial charge on any atom is -0.383 e. The van der Waals surface area contributed by atoms with Crippen LogP contribution in [0.15, 0.2) is 41.1 Å². The van der Waals surface area contributed by atoms with Gasteiger partial charge in [-0.1, -0.05) is 15.9 Å². The Bertz CT molecular complexity index is 792. The third-order valence-electron chi connectivity index (χ3n) is 3.28. The van der Waals surface area contributed by atoms with Crippen molar-refractivity contribution in [3.8, 4) is 5.69 Å². The normalized spacial score (nSPS) is 11.0. The summed E-state index contributed by atoms with van der Waals surface area (Å²) in [7, 11) is 1.60. The number of fused-ring (bicyclic) bond motifs is 1. The third kappa shape index (κ3) is 2.90. The van der Waals surface area contributed by atoms with Crippen LogP contribution in [0.25, 0.3) is 16.9 Å². The Hall–Kier alpha value is -2.12. The van der Waals surface area contributed by atoms with Crippen molar-refractivity contribution >= 4 is 33.0 Å². The number of hydrogen-bond donors (Lipinski definition) is 2. The van der Waals surface area contributed by atoms with Crippen LogP contribution in [0.2, 0.25) is 0 Å². The Kier molecular flexibility index (Phi) is 4.26. The molecule has 0 aliphatic heterocycles. The molecule has 0 saturated heterocycles. The van der Waals surface area contributed by atoms with E-state index in [-0.39, 0.29) is 5.91 Å². The van der Waals surface area contributed by atoms with E-state index in [4.69, 9.17) is 4.74 Å². The molecule has 0 fully saturated rings. The summed E-state index contributed by atoms with van der Waals surface area (Å²) < 4.78 is 7.86. The quantitative estimate of drug-likeness (QED) is 0.685. The van der Waals surface area contributed by atoms with Crippen LogP contribution < -0.4 is 5.32 Å².